The Kier molecular flexibility index (Phi) is 5.77. The third-order valence-electron chi connectivity index (χ3n) is 4.10. The first-order chi connectivity index (χ1) is 10.1. The van der Waals surface area contributed by atoms with E-state index in [2.05, 4.69) is 25.2 Å². The van der Waals surface area contributed by atoms with Gasteiger partial charge < -0.3 is 14.8 Å². The van der Waals surface area contributed by atoms with Crippen LogP contribution in [0.25, 0.3) is 0 Å². The van der Waals surface area contributed by atoms with Gasteiger partial charge in [0.25, 0.3) is 0 Å². The van der Waals surface area contributed by atoms with Crippen LogP contribution in [0.2, 0.25) is 0 Å². The minimum absolute atomic E-state index is 0.528. The van der Waals surface area contributed by atoms with Gasteiger partial charge in [-0.25, -0.2) is 0 Å². The maximum Gasteiger partial charge on any atom is 0.142 e. The number of benzene rings is 1. The van der Waals surface area contributed by atoms with Gasteiger partial charge in [0.2, 0.25) is 0 Å². The van der Waals surface area contributed by atoms with Crippen molar-refractivity contribution in [3.63, 3.8) is 0 Å². The molecule has 0 bridgehead atoms. The van der Waals surface area contributed by atoms with E-state index in [-0.39, 0.29) is 0 Å². The molecule has 2 rings (SSSR count). The second kappa shape index (κ2) is 7.58. The summed E-state index contributed by atoms with van der Waals surface area (Å²) in [5.74, 6) is 3.40. The lowest BCUT2D eigenvalue weighted by Gasteiger charge is -2.33. The highest BCUT2D eigenvalue weighted by molar-refractivity contribution is 5.60. The van der Waals surface area contributed by atoms with Crippen LogP contribution in [-0.4, -0.2) is 19.3 Å². The van der Waals surface area contributed by atoms with Crippen molar-refractivity contribution in [1.82, 2.24) is 0 Å². The summed E-state index contributed by atoms with van der Waals surface area (Å²) in [6.45, 7) is 10.1. The summed E-state index contributed by atoms with van der Waals surface area (Å²) in [6.07, 6.45) is 3.80. The summed E-state index contributed by atoms with van der Waals surface area (Å²) in [6, 6.07) is 6.58. The van der Waals surface area contributed by atoms with E-state index in [9.17, 15) is 0 Å². The zero-order valence-electron chi connectivity index (χ0n) is 13.8. The predicted octanol–water partition coefficient (Wildman–Crippen LogP) is 4.72. The molecule has 0 aliphatic heterocycles. The van der Waals surface area contributed by atoms with E-state index in [1.54, 1.807) is 0 Å². The molecule has 3 heteroatoms. The smallest absolute Gasteiger partial charge is 0.142 e. The van der Waals surface area contributed by atoms with Crippen LogP contribution in [0.15, 0.2) is 18.2 Å². The Labute approximate surface area is 129 Å². The van der Waals surface area contributed by atoms with Crippen LogP contribution in [0.4, 0.5) is 5.69 Å². The molecule has 118 valence electrons. The average molecular weight is 291 g/mol. The molecule has 1 N–H and O–H groups in total. The topological polar surface area (TPSA) is 30.5 Å². The number of hydrogen-bond acceptors (Lipinski definition) is 3. The molecule has 0 saturated heterocycles. The molecule has 2 unspecified atom stereocenters. The van der Waals surface area contributed by atoms with Crippen LogP contribution in [0.3, 0.4) is 0 Å². The molecule has 1 saturated carbocycles. The number of rotatable bonds is 6. The number of ether oxygens (including phenoxy) is 2. The largest absolute Gasteiger partial charge is 0.494 e. The van der Waals surface area contributed by atoms with Crippen LogP contribution in [-0.2, 0) is 0 Å². The highest BCUT2D eigenvalue weighted by atomic mass is 16.5. The van der Waals surface area contributed by atoms with Crippen molar-refractivity contribution in [3.05, 3.63) is 18.2 Å². The molecular weight excluding hydrogens is 262 g/mol. The molecule has 21 heavy (non-hydrogen) atoms. The van der Waals surface area contributed by atoms with Crippen LogP contribution in [0.5, 0.6) is 11.5 Å². The van der Waals surface area contributed by atoms with Gasteiger partial charge in [-0.2, -0.15) is 0 Å². The molecule has 0 amide bonds. The van der Waals surface area contributed by atoms with Crippen molar-refractivity contribution >= 4 is 5.69 Å². The second-order valence-electron chi connectivity index (χ2n) is 6.28. The number of nitrogens with one attached hydrogen (secondary N) is 1. The quantitative estimate of drug-likeness (QED) is 0.822. The van der Waals surface area contributed by atoms with E-state index in [4.69, 9.17) is 9.47 Å². The fourth-order valence-corrected chi connectivity index (χ4v) is 3.44. The van der Waals surface area contributed by atoms with Crippen molar-refractivity contribution in [2.24, 2.45) is 11.8 Å². The Hall–Kier alpha value is -1.38. The first kappa shape index (κ1) is 16.0. The van der Waals surface area contributed by atoms with E-state index in [1.165, 1.54) is 19.3 Å². The zero-order valence-corrected chi connectivity index (χ0v) is 13.8. The van der Waals surface area contributed by atoms with Gasteiger partial charge >= 0.3 is 0 Å². The maximum atomic E-state index is 5.75. The average Bonchev–Trinajstić information content (AvgIpc) is 2.41. The predicted molar refractivity (Wildman–Crippen MR) is 88.4 cm³/mol. The first-order valence-electron chi connectivity index (χ1n) is 8.28. The number of hydrogen-bond donors (Lipinski definition) is 1. The fourth-order valence-electron chi connectivity index (χ4n) is 3.44. The van der Waals surface area contributed by atoms with E-state index in [1.807, 2.05) is 26.0 Å². The zero-order chi connectivity index (χ0) is 15.2. The molecule has 1 aromatic carbocycles. The van der Waals surface area contributed by atoms with Crippen molar-refractivity contribution in [3.8, 4) is 11.5 Å². The van der Waals surface area contributed by atoms with E-state index in [0.717, 1.165) is 29.0 Å². The first-order valence-corrected chi connectivity index (χ1v) is 8.28. The standard InChI is InChI=1S/C18H29NO2/c1-5-20-16-7-8-18(21-6-2)17(12-16)19-15-10-13(3)9-14(4)11-15/h7-8,12-15,19H,5-6,9-11H2,1-4H3. The van der Waals surface area contributed by atoms with Crippen LogP contribution in [0, 0.1) is 11.8 Å². The Morgan fingerprint density at radius 3 is 2.29 bits per heavy atom. The van der Waals surface area contributed by atoms with E-state index in [0.29, 0.717) is 19.3 Å². The van der Waals surface area contributed by atoms with Gasteiger partial charge in [-0.05, 0) is 57.1 Å². The Balaban J connectivity index is 2.13. The third-order valence-corrected chi connectivity index (χ3v) is 4.10. The number of anilines is 1. The van der Waals surface area contributed by atoms with Crippen LogP contribution >= 0.6 is 0 Å². The molecule has 0 aromatic heterocycles. The lowest BCUT2D eigenvalue weighted by atomic mass is 9.80. The van der Waals surface area contributed by atoms with E-state index < -0.39 is 0 Å². The van der Waals surface area contributed by atoms with Crippen LogP contribution in [0.1, 0.15) is 47.0 Å². The fraction of sp³-hybridized carbons (Fsp3) is 0.667. The third kappa shape index (κ3) is 4.55. The summed E-state index contributed by atoms with van der Waals surface area (Å²) in [4.78, 5) is 0. The molecular formula is C18H29NO2. The summed E-state index contributed by atoms with van der Waals surface area (Å²) in [5, 5.41) is 3.69. The SMILES string of the molecule is CCOc1ccc(OCC)c(NC2CC(C)CC(C)C2)c1. The van der Waals surface area contributed by atoms with Crippen LogP contribution < -0.4 is 14.8 Å². The highest BCUT2D eigenvalue weighted by Gasteiger charge is 2.24. The van der Waals surface area contributed by atoms with Gasteiger partial charge in [0.1, 0.15) is 11.5 Å². The van der Waals surface area contributed by atoms with Crippen molar-refractivity contribution < 1.29 is 9.47 Å². The second-order valence-corrected chi connectivity index (χ2v) is 6.28. The molecule has 1 fully saturated rings. The lowest BCUT2D eigenvalue weighted by molar-refractivity contribution is 0.279. The van der Waals surface area contributed by atoms with Gasteiger partial charge in [-0.1, -0.05) is 13.8 Å². The molecule has 1 aliphatic carbocycles. The van der Waals surface area contributed by atoms with E-state index >= 15 is 0 Å². The van der Waals surface area contributed by atoms with Gasteiger partial charge in [-0.15, -0.1) is 0 Å². The van der Waals surface area contributed by atoms with Gasteiger partial charge in [0.15, 0.2) is 0 Å². The Morgan fingerprint density at radius 2 is 1.67 bits per heavy atom. The Bertz CT molecular complexity index is 437. The van der Waals surface area contributed by atoms with Crippen molar-refractivity contribution in [1.29, 1.82) is 0 Å². The molecule has 1 aromatic rings. The van der Waals surface area contributed by atoms with Gasteiger partial charge in [0, 0.05) is 12.1 Å². The summed E-state index contributed by atoms with van der Waals surface area (Å²) in [7, 11) is 0. The summed E-state index contributed by atoms with van der Waals surface area (Å²) >= 11 is 0. The molecule has 0 spiro atoms. The summed E-state index contributed by atoms with van der Waals surface area (Å²) < 4.78 is 11.4. The maximum absolute atomic E-state index is 5.75. The molecule has 0 heterocycles. The van der Waals surface area contributed by atoms with Crippen molar-refractivity contribution in [2.45, 2.75) is 53.0 Å². The minimum Gasteiger partial charge on any atom is -0.494 e. The molecule has 2 atom stereocenters. The Morgan fingerprint density at radius 1 is 1.00 bits per heavy atom. The summed E-state index contributed by atoms with van der Waals surface area (Å²) in [5.41, 5.74) is 1.06. The molecule has 0 radical (unpaired) electrons. The minimum atomic E-state index is 0.528. The van der Waals surface area contributed by atoms with Gasteiger partial charge in [0.05, 0.1) is 18.9 Å². The lowest BCUT2D eigenvalue weighted by Crippen LogP contribution is -2.30. The molecule has 3 nitrogen and oxygen atoms in total. The highest BCUT2D eigenvalue weighted by Crippen LogP contribution is 2.35. The molecule has 1 aliphatic rings. The van der Waals surface area contributed by atoms with Crippen molar-refractivity contribution in [2.75, 3.05) is 18.5 Å². The monoisotopic (exact) mass is 291 g/mol. The normalized spacial score (nSPS) is 25.4. The van der Waals surface area contributed by atoms with Gasteiger partial charge in [-0.3, -0.25) is 0 Å².